The molecule has 1 aliphatic rings. The van der Waals surface area contributed by atoms with Crippen molar-refractivity contribution >= 4 is 5.97 Å². The topological polar surface area (TPSA) is 26.3 Å². The zero-order valence-corrected chi connectivity index (χ0v) is 8.87. The second-order valence-corrected chi connectivity index (χ2v) is 4.38. The van der Waals surface area contributed by atoms with E-state index < -0.39 is 17.3 Å². The van der Waals surface area contributed by atoms with E-state index in [0.717, 1.165) is 0 Å². The van der Waals surface area contributed by atoms with Crippen molar-refractivity contribution in [1.82, 2.24) is 0 Å². The standard InChI is InChI=1S/C12H12F2O2/c1-11(7-12(11,13)14)8-16-10(15)9-5-3-2-4-6-9/h2-6H,7-8H2,1H3. The number of esters is 1. The summed E-state index contributed by atoms with van der Waals surface area (Å²) in [6.07, 6.45) is -0.206. The first kappa shape index (κ1) is 11.0. The van der Waals surface area contributed by atoms with Crippen LogP contribution < -0.4 is 0 Å². The third-order valence-electron chi connectivity index (χ3n) is 2.90. The van der Waals surface area contributed by atoms with Crippen LogP contribution in [0.2, 0.25) is 0 Å². The first-order valence-corrected chi connectivity index (χ1v) is 5.05. The highest BCUT2D eigenvalue weighted by atomic mass is 19.3. The summed E-state index contributed by atoms with van der Waals surface area (Å²) in [5.74, 6) is -3.24. The Hall–Kier alpha value is -1.45. The van der Waals surface area contributed by atoms with E-state index in [1.54, 1.807) is 30.3 Å². The third kappa shape index (κ3) is 1.92. The Balaban J connectivity index is 1.91. The molecule has 0 N–H and O–H groups in total. The number of ether oxygens (including phenoxy) is 1. The lowest BCUT2D eigenvalue weighted by Crippen LogP contribution is -2.18. The maximum atomic E-state index is 12.8. The van der Waals surface area contributed by atoms with Gasteiger partial charge < -0.3 is 4.74 Å². The molecule has 0 bridgehead atoms. The summed E-state index contributed by atoms with van der Waals surface area (Å²) < 4.78 is 30.6. The molecule has 0 saturated heterocycles. The molecular formula is C12H12F2O2. The lowest BCUT2D eigenvalue weighted by Gasteiger charge is -2.10. The molecule has 86 valence electrons. The summed E-state index contributed by atoms with van der Waals surface area (Å²) in [6, 6.07) is 8.35. The van der Waals surface area contributed by atoms with Gasteiger partial charge in [-0.3, -0.25) is 0 Å². The second-order valence-electron chi connectivity index (χ2n) is 4.38. The number of hydrogen-bond acceptors (Lipinski definition) is 2. The first-order chi connectivity index (χ1) is 7.45. The van der Waals surface area contributed by atoms with E-state index in [4.69, 9.17) is 4.74 Å². The maximum absolute atomic E-state index is 12.8. The molecule has 0 radical (unpaired) electrons. The molecule has 0 spiro atoms. The highest BCUT2D eigenvalue weighted by Crippen LogP contribution is 2.60. The maximum Gasteiger partial charge on any atom is 0.338 e. The molecule has 4 heteroatoms. The molecular weight excluding hydrogens is 214 g/mol. The molecule has 1 aromatic carbocycles. The van der Waals surface area contributed by atoms with Crippen molar-refractivity contribution in [1.29, 1.82) is 0 Å². The summed E-state index contributed by atoms with van der Waals surface area (Å²) in [4.78, 5) is 11.5. The molecule has 2 rings (SSSR count). The Bertz CT molecular complexity index is 403. The van der Waals surface area contributed by atoms with Crippen molar-refractivity contribution in [3.05, 3.63) is 35.9 Å². The molecule has 2 nitrogen and oxygen atoms in total. The minimum Gasteiger partial charge on any atom is -0.461 e. The Kier molecular flexibility index (Phi) is 2.45. The summed E-state index contributed by atoms with van der Waals surface area (Å²) in [7, 11) is 0. The van der Waals surface area contributed by atoms with Gasteiger partial charge in [-0.15, -0.1) is 0 Å². The third-order valence-corrected chi connectivity index (χ3v) is 2.90. The Morgan fingerprint density at radius 2 is 1.94 bits per heavy atom. The predicted octanol–water partition coefficient (Wildman–Crippen LogP) is 2.89. The molecule has 1 fully saturated rings. The van der Waals surface area contributed by atoms with E-state index in [-0.39, 0.29) is 13.0 Å². The van der Waals surface area contributed by atoms with Gasteiger partial charge >= 0.3 is 5.97 Å². The van der Waals surface area contributed by atoms with E-state index in [2.05, 4.69) is 0 Å². The highest BCUT2D eigenvalue weighted by molar-refractivity contribution is 5.89. The van der Waals surface area contributed by atoms with Crippen LogP contribution in [0, 0.1) is 5.41 Å². The molecule has 1 atom stereocenters. The molecule has 1 unspecified atom stereocenters. The summed E-state index contributed by atoms with van der Waals surface area (Å²) >= 11 is 0. The molecule has 16 heavy (non-hydrogen) atoms. The van der Waals surface area contributed by atoms with Crippen LogP contribution in [-0.4, -0.2) is 18.5 Å². The van der Waals surface area contributed by atoms with Gasteiger partial charge in [-0.2, -0.15) is 0 Å². The molecule has 1 aliphatic carbocycles. The number of carbonyl (C=O) groups excluding carboxylic acids is 1. The van der Waals surface area contributed by atoms with Gasteiger partial charge in [0.2, 0.25) is 0 Å². The Morgan fingerprint density at radius 1 is 1.38 bits per heavy atom. The monoisotopic (exact) mass is 226 g/mol. The van der Waals surface area contributed by atoms with E-state index in [1.165, 1.54) is 6.92 Å². The van der Waals surface area contributed by atoms with Crippen molar-refractivity contribution in [2.24, 2.45) is 5.41 Å². The van der Waals surface area contributed by atoms with Gasteiger partial charge in [-0.25, -0.2) is 13.6 Å². The molecule has 1 saturated carbocycles. The summed E-state index contributed by atoms with van der Waals surface area (Å²) in [5.41, 5.74) is -0.785. The van der Waals surface area contributed by atoms with Crippen LogP contribution in [0.5, 0.6) is 0 Å². The van der Waals surface area contributed by atoms with Gasteiger partial charge in [0.05, 0.1) is 11.0 Å². The Morgan fingerprint density at radius 3 is 2.44 bits per heavy atom. The lowest BCUT2D eigenvalue weighted by molar-refractivity contribution is 0.0162. The fourth-order valence-electron chi connectivity index (χ4n) is 1.48. The van der Waals surface area contributed by atoms with Gasteiger partial charge in [0.1, 0.15) is 6.61 Å². The number of rotatable bonds is 3. The van der Waals surface area contributed by atoms with Gasteiger partial charge in [0, 0.05) is 6.42 Å². The SMILES string of the molecule is CC1(COC(=O)c2ccccc2)CC1(F)F. The number of benzene rings is 1. The fourth-order valence-corrected chi connectivity index (χ4v) is 1.48. The molecule has 0 aromatic heterocycles. The van der Waals surface area contributed by atoms with Crippen molar-refractivity contribution < 1.29 is 18.3 Å². The lowest BCUT2D eigenvalue weighted by atomic mass is 10.1. The van der Waals surface area contributed by atoms with Crippen molar-refractivity contribution in [3.8, 4) is 0 Å². The van der Waals surface area contributed by atoms with Crippen LogP contribution in [0.1, 0.15) is 23.7 Å². The molecule has 1 aromatic rings. The predicted molar refractivity (Wildman–Crippen MR) is 54.4 cm³/mol. The van der Waals surface area contributed by atoms with Crippen molar-refractivity contribution in [2.45, 2.75) is 19.3 Å². The number of hydrogen-bond donors (Lipinski definition) is 0. The van der Waals surface area contributed by atoms with E-state index >= 15 is 0 Å². The Labute approximate surface area is 92.2 Å². The zero-order chi connectivity index (χ0) is 11.8. The van der Waals surface area contributed by atoms with Gasteiger partial charge in [-0.05, 0) is 12.1 Å². The van der Waals surface area contributed by atoms with Crippen LogP contribution in [0.15, 0.2) is 30.3 Å². The fraction of sp³-hybridized carbons (Fsp3) is 0.417. The van der Waals surface area contributed by atoms with Gasteiger partial charge in [0.15, 0.2) is 0 Å². The minimum atomic E-state index is -2.69. The highest BCUT2D eigenvalue weighted by Gasteiger charge is 2.68. The van der Waals surface area contributed by atoms with Gasteiger partial charge in [-0.1, -0.05) is 25.1 Å². The second kappa shape index (κ2) is 3.54. The average molecular weight is 226 g/mol. The van der Waals surface area contributed by atoms with Crippen LogP contribution in [0.3, 0.4) is 0 Å². The average Bonchev–Trinajstić information content (AvgIpc) is 2.76. The first-order valence-electron chi connectivity index (χ1n) is 5.05. The number of alkyl halides is 2. The molecule has 0 amide bonds. The van der Waals surface area contributed by atoms with Crippen LogP contribution >= 0.6 is 0 Å². The van der Waals surface area contributed by atoms with Crippen molar-refractivity contribution in [3.63, 3.8) is 0 Å². The van der Waals surface area contributed by atoms with Crippen LogP contribution in [-0.2, 0) is 4.74 Å². The number of halogens is 2. The zero-order valence-electron chi connectivity index (χ0n) is 8.87. The molecule has 0 heterocycles. The van der Waals surface area contributed by atoms with E-state index in [1.807, 2.05) is 0 Å². The van der Waals surface area contributed by atoms with E-state index in [9.17, 15) is 13.6 Å². The largest absolute Gasteiger partial charge is 0.461 e. The quantitative estimate of drug-likeness (QED) is 0.741. The minimum absolute atomic E-state index is 0.206. The van der Waals surface area contributed by atoms with Crippen LogP contribution in [0.25, 0.3) is 0 Å². The summed E-state index contributed by atoms with van der Waals surface area (Å²) in [6.45, 7) is 1.19. The van der Waals surface area contributed by atoms with Gasteiger partial charge in [0.25, 0.3) is 5.92 Å². The summed E-state index contributed by atoms with van der Waals surface area (Å²) in [5, 5.41) is 0. The molecule has 0 aliphatic heterocycles. The smallest absolute Gasteiger partial charge is 0.338 e. The van der Waals surface area contributed by atoms with Crippen molar-refractivity contribution in [2.75, 3.05) is 6.61 Å². The van der Waals surface area contributed by atoms with Crippen LogP contribution in [0.4, 0.5) is 8.78 Å². The normalized spacial score (nSPS) is 26.2. The number of carbonyl (C=O) groups is 1. The van der Waals surface area contributed by atoms with E-state index in [0.29, 0.717) is 5.56 Å².